The molecule has 0 aromatic heterocycles. The van der Waals surface area contributed by atoms with E-state index in [1.165, 1.54) is 11.8 Å². The Bertz CT molecular complexity index is 643. The van der Waals surface area contributed by atoms with E-state index >= 15 is 0 Å². The number of halogens is 1. The van der Waals surface area contributed by atoms with Gasteiger partial charge in [0.15, 0.2) is 0 Å². The molecule has 0 bridgehead atoms. The zero-order valence-electron chi connectivity index (χ0n) is 12.3. The standard InChI is InChI=1S/C16H16BrNO3S2/c17-12-7-5-11(6-8-12)10-13-15(21)18(16(22)23-13)9-3-1-2-4-14(19)20/h5-8,10H,1-4,9H2,(H,19,20). The molecule has 1 N–H and O–H groups in total. The zero-order chi connectivity index (χ0) is 16.8. The van der Waals surface area contributed by atoms with Crippen molar-refractivity contribution in [3.63, 3.8) is 0 Å². The van der Waals surface area contributed by atoms with Gasteiger partial charge in [-0.25, -0.2) is 0 Å². The molecule has 0 atom stereocenters. The van der Waals surface area contributed by atoms with E-state index < -0.39 is 5.97 Å². The van der Waals surface area contributed by atoms with E-state index in [1.54, 1.807) is 4.90 Å². The number of amides is 1. The minimum Gasteiger partial charge on any atom is -0.481 e. The van der Waals surface area contributed by atoms with Crippen LogP contribution in [0.5, 0.6) is 0 Å². The number of unbranched alkanes of at least 4 members (excludes halogenated alkanes) is 2. The number of carbonyl (C=O) groups excluding carboxylic acids is 1. The van der Waals surface area contributed by atoms with Crippen LogP contribution in [0.2, 0.25) is 0 Å². The molecule has 1 heterocycles. The molecule has 1 aromatic rings. The number of thiocarbonyl (C=S) groups is 1. The van der Waals surface area contributed by atoms with Crippen molar-refractivity contribution in [3.05, 3.63) is 39.2 Å². The first-order valence-corrected chi connectivity index (χ1v) is 9.22. The number of aliphatic carboxylic acids is 1. The second kappa shape index (κ2) is 8.61. The lowest BCUT2D eigenvalue weighted by Crippen LogP contribution is -2.29. The van der Waals surface area contributed by atoms with Crippen molar-refractivity contribution in [2.24, 2.45) is 0 Å². The van der Waals surface area contributed by atoms with Gasteiger partial charge >= 0.3 is 5.97 Å². The van der Waals surface area contributed by atoms with Gasteiger partial charge in [0.1, 0.15) is 4.32 Å². The van der Waals surface area contributed by atoms with Crippen LogP contribution >= 0.6 is 39.9 Å². The van der Waals surface area contributed by atoms with Crippen molar-refractivity contribution < 1.29 is 14.7 Å². The van der Waals surface area contributed by atoms with Crippen LogP contribution in [-0.2, 0) is 9.59 Å². The number of carbonyl (C=O) groups is 2. The van der Waals surface area contributed by atoms with Crippen molar-refractivity contribution >= 4 is 62.2 Å². The summed E-state index contributed by atoms with van der Waals surface area (Å²) in [6, 6.07) is 7.72. The zero-order valence-corrected chi connectivity index (χ0v) is 15.5. The average Bonchev–Trinajstić information content (AvgIpc) is 2.76. The summed E-state index contributed by atoms with van der Waals surface area (Å²) in [6.07, 6.45) is 4.16. The van der Waals surface area contributed by atoms with Crippen molar-refractivity contribution in [1.82, 2.24) is 4.90 Å². The van der Waals surface area contributed by atoms with E-state index in [4.69, 9.17) is 17.3 Å². The Morgan fingerprint density at radius 2 is 1.96 bits per heavy atom. The van der Waals surface area contributed by atoms with Crippen LogP contribution in [0.3, 0.4) is 0 Å². The summed E-state index contributed by atoms with van der Waals surface area (Å²) >= 11 is 9.97. The van der Waals surface area contributed by atoms with E-state index in [0.717, 1.165) is 22.9 Å². The maximum atomic E-state index is 12.4. The Morgan fingerprint density at radius 3 is 2.61 bits per heavy atom. The van der Waals surface area contributed by atoms with Gasteiger partial charge < -0.3 is 5.11 Å². The molecule has 0 saturated carbocycles. The molecule has 4 nitrogen and oxygen atoms in total. The molecule has 0 aliphatic carbocycles. The van der Waals surface area contributed by atoms with Crippen LogP contribution in [0.4, 0.5) is 0 Å². The van der Waals surface area contributed by atoms with Gasteiger partial charge in [0.2, 0.25) is 0 Å². The van der Waals surface area contributed by atoms with E-state index in [2.05, 4.69) is 15.9 Å². The largest absolute Gasteiger partial charge is 0.481 e. The molecule has 1 fully saturated rings. The highest BCUT2D eigenvalue weighted by molar-refractivity contribution is 9.10. The lowest BCUT2D eigenvalue weighted by molar-refractivity contribution is -0.137. The normalized spacial score (nSPS) is 16.4. The fraction of sp³-hybridized carbons (Fsp3) is 0.312. The van der Waals surface area contributed by atoms with E-state index in [9.17, 15) is 9.59 Å². The molecular weight excluding hydrogens is 398 g/mol. The molecular formula is C16H16BrNO3S2. The molecule has 0 radical (unpaired) electrons. The van der Waals surface area contributed by atoms with E-state index in [0.29, 0.717) is 22.2 Å². The van der Waals surface area contributed by atoms with Gasteiger partial charge in [0.05, 0.1) is 4.91 Å². The molecule has 0 unspecified atom stereocenters. The summed E-state index contributed by atoms with van der Waals surface area (Å²) in [5, 5.41) is 8.60. The monoisotopic (exact) mass is 413 g/mol. The van der Waals surface area contributed by atoms with Crippen LogP contribution < -0.4 is 0 Å². The van der Waals surface area contributed by atoms with Gasteiger partial charge in [-0.15, -0.1) is 0 Å². The third-order valence-corrected chi connectivity index (χ3v) is 5.22. The summed E-state index contributed by atoms with van der Waals surface area (Å²) in [4.78, 5) is 25.1. The third-order valence-electron chi connectivity index (χ3n) is 3.31. The van der Waals surface area contributed by atoms with Gasteiger partial charge in [-0.2, -0.15) is 0 Å². The van der Waals surface area contributed by atoms with Crippen molar-refractivity contribution in [1.29, 1.82) is 0 Å². The van der Waals surface area contributed by atoms with Crippen molar-refractivity contribution in [2.45, 2.75) is 25.7 Å². The fourth-order valence-corrected chi connectivity index (χ4v) is 3.70. The second-order valence-corrected chi connectivity index (χ2v) is 7.68. The molecule has 1 amide bonds. The Balaban J connectivity index is 1.91. The smallest absolute Gasteiger partial charge is 0.303 e. The first-order valence-electron chi connectivity index (χ1n) is 7.20. The SMILES string of the molecule is O=C(O)CCCCCN1C(=O)C(=Cc2ccc(Br)cc2)SC1=S. The highest BCUT2D eigenvalue weighted by Gasteiger charge is 2.31. The molecule has 1 aromatic carbocycles. The molecule has 23 heavy (non-hydrogen) atoms. The maximum Gasteiger partial charge on any atom is 0.303 e. The second-order valence-electron chi connectivity index (χ2n) is 5.09. The topological polar surface area (TPSA) is 57.6 Å². The molecule has 1 aliphatic heterocycles. The first-order chi connectivity index (χ1) is 11.0. The molecule has 0 spiro atoms. The lowest BCUT2D eigenvalue weighted by atomic mass is 10.2. The molecule has 2 rings (SSSR count). The van der Waals surface area contributed by atoms with Crippen LogP contribution in [0.1, 0.15) is 31.2 Å². The fourth-order valence-electron chi connectivity index (χ4n) is 2.13. The summed E-state index contributed by atoms with van der Waals surface area (Å²) in [7, 11) is 0. The van der Waals surface area contributed by atoms with Crippen LogP contribution in [0.15, 0.2) is 33.6 Å². The molecule has 1 saturated heterocycles. The van der Waals surface area contributed by atoms with Crippen LogP contribution in [-0.4, -0.2) is 32.7 Å². The summed E-state index contributed by atoms with van der Waals surface area (Å²) < 4.78 is 1.56. The lowest BCUT2D eigenvalue weighted by Gasteiger charge is -2.13. The Hall–Kier alpha value is -1.18. The number of benzene rings is 1. The van der Waals surface area contributed by atoms with Crippen molar-refractivity contribution in [2.75, 3.05) is 6.54 Å². The summed E-state index contributed by atoms with van der Waals surface area (Å²) in [6.45, 7) is 0.544. The molecule has 122 valence electrons. The van der Waals surface area contributed by atoms with Gasteiger partial charge in [-0.05, 0) is 36.6 Å². The first kappa shape index (κ1) is 18.2. The number of hydrogen-bond acceptors (Lipinski definition) is 4. The highest BCUT2D eigenvalue weighted by atomic mass is 79.9. The van der Waals surface area contributed by atoms with Gasteiger partial charge in [0.25, 0.3) is 5.91 Å². The average molecular weight is 414 g/mol. The Kier molecular flexibility index (Phi) is 6.80. The van der Waals surface area contributed by atoms with Gasteiger partial charge in [0, 0.05) is 17.4 Å². The molecule has 7 heteroatoms. The van der Waals surface area contributed by atoms with Crippen LogP contribution in [0, 0.1) is 0 Å². The number of nitrogens with zero attached hydrogens (tertiary/aromatic N) is 1. The number of thioether (sulfide) groups is 1. The third kappa shape index (κ3) is 5.44. The summed E-state index contributed by atoms with van der Waals surface area (Å²) in [5.74, 6) is -0.853. The molecule has 1 aliphatic rings. The van der Waals surface area contributed by atoms with E-state index in [-0.39, 0.29) is 12.3 Å². The van der Waals surface area contributed by atoms with Crippen molar-refractivity contribution in [3.8, 4) is 0 Å². The number of carboxylic acids is 1. The maximum absolute atomic E-state index is 12.4. The quantitative estimate of drug-likeness (QED) is 0.410. The minimum absolute atomic E-state index is 0.0684. The Labute approximate surface area is 153 Å². The van der Waals surface area contributed by atoms with E-state index in [1.807, 2.05) is 30.3 Å². The van der Waals surface area contributed by atoms with Gasteiger partial charge in [-0.3, -0.25) is 14.5 Å². The van der Waals surface area contributed by atoms with Crippen LogP contribution in [0.25, 0.3) is 6.08 Å². The predicted molar refractivity (Wildman–Crippen MR) is 100 cm³/mol. The number of hydrogen-bond donors (Lipinski definition) is 1. The summed E-state index contributed by atoms with van der Waals surface area (Å²) in [5.41, 5.74) is 0.954. The number of carboxylic acid groups (broad SMARTS) is 1. The Morgan fingerprint density at radius 1 is 1.26 bits per heavy atom. The van der Waals surface area contributed by atoms with Gasteiger partial charge in [-0.1, -0.05) is 58.5 Å². The predicted octanol–water partition coefficient (Wildman–Crippen LogP) is 4.30. The minimum atomic E-state index is -0.784. The highest BCUT2D eigenvalue weighted by Crippen LogP contribution is 2.32. The number of rotatable bonds is 7.